The molecule has 80 heavy (non-hydrogen) atoms. The summed E-state index contributed by atoms with van der Waals surface area (Å²) in [4.78, 5) is 56.2. The van der Waals surface area contributed by atoms with Gasteiger partial charge in [-0.25, -0.2) is 9.59 Å². The monoisotopic (exact) mass is 1140 g/mol. The van der Waals surface area contributed by atoms with Gasteiger partial charge in [0.2, 0.25) is 5.43 Å². The van der Waals surface area contributed by atoms with Crippen LogP contribution < -0.4 is 10.7 Å². The van der Waals surface area contributed by atoms with Crippen molar-refractivity contribution in [3.05, 3.63) is 45.7 Å². The van der Waals surface area contributed by atoms with Crippen LogP contribution in [0.25, 0.3) is 10.9 Å². The third-order valence-electron chi connectivity index (χ3n) is 16.8. The first kappa shape index (κ1) is 66.9. The number of benzene rings is 1. The number of carboxylic acid groups (broad SMARTS) is 1. The molecule has 3 fully saturated rings. The lowest BCUT2D eigenvalue weighted by Crippen LogP contribution is -2.61. The van der Waals surface area contributed by atoms with Crippen LogP contribution in [0.4, 0.5) is 4.79 Å². The maximum absolute atomic E-state index is 14.6. The molecule has 4 heterocycles. The van der Waals surface area contributed by atoms with Gasteiger partial charge in [-0.15, -0.1) is 0 Å². The summed E-state index contributed by atoms with van der Waals surface area (Å²) in [7, 11) is 7.05. The third kappa shape index (κ3) is 16.5. The summed E-state index contributed by atoms with van der Waals surface area (Å²) in [5.74, 6) is -4.16. The Bertz CT molecular complexity index is 2390. The molecule has 0 spiro atoms. The standard InChI is InChI=1S/C58H96N4O18/c1-16-44-58(11,71)49(65)37(7)61(14)31-33(3)29-56(9,70)50(79-54-47(64)43(60(12)13)27-34(4)75-54)35(5)48(36(6)53(68)77-44)78-45-30-57(10,72-15)51(38(8)76-45)80-55(69)59-22-24-74-26-25-73-23-18-19-39-20-21-42-40(28-39)46(63)41(52(66)67)32-62(42)17-2/h20-21,28,32-38,43-45,47-51,54,64-65,70-71H,16-19,22-27,29-31H2,1-15H3,(H,59,69)(H,66,67)/t33-,34-,35+,36-,37-,38+,43+,44-,45+,47-,48+,49-,50-,51+,54+,56-,57-,58-/m1/s1. The number of aliphatic hydroxyl groups is 4. The summed E-state index contributed by atoms with van der Waals surface area (Å²) in [6, 6.07) is 4.60. The van der Waals surface area contributed by atoms with Crippen molar-refractivity contribution in [2.75, 3.05) is 67.8 Å². The second-order valence-electron chi connectivity index (χ2n) is 23.6. The molecule has 0 radical (unpaired) electrons. The summed E-state index contributed by atoms with van der Waals surface area (Å²) in [5, 5.41) is 60.7. The highest BCUT2D eigenvalue weighted by molar-refractivity contribution is 5.92. The van der Waals surface area contributed by atoms with Gasteiger partial charge in [0.25, 0.3) is 0 Å². The van der Waals surface area contributed by atoms with E-state index in [4.69, 9.17) is 42.6 Å². The van der Waals surface area contributed by atoms with Crippen LogP contribution in [0.5, 0.6) is 0 Å². The number of rotatable bonds is 20. The van der Waals surface area contributed by atoms with Crippen molar-refractivity contribution in [3.63, 3.8) is 0 Å². The average molecular weight is 1140 g/mol. The van der Waals surface area contributed by atoms with Crippen molar-refractivity contribution >= 4 is 28.9 Å². The molecule has 0 unspecified atom stereocenters. The van der Waals surface area contributed by atoms with Crippen molar-refractivity contribution < 1.29 is 82.5 Å². The molecule has 0 saturated carbocycles. The summed E-state index contributed by atoms with van der Waals surface area (Å²) in [6.45, 7) is 21.5. The SMILES string of the molecule is CC[C@H]1OC(=O)[C@H](C)[C@@H](O[C@H]2C[C@@](C)(OC)[C@@H](OC(=O)NCCOCCOCCCc3ccc4c(c3)c(=O)c(C(=O)O)cn4CC)[C@H](C)O2)[C@H](C)[C@@H](O[C@@H]2O[C@H](C)C[C@H](N(C)C)[C@H]2O)[C@](C)(O)C[C@@H](C)CN(C)[C@H](C)[C@@H](O)[C@]1(C)O. The van der Waals surface area contributed by atoms with Gasteiger partial charge in [0.05, 0.1) is 61.3 Å². The molecule has 2 aromatic rings. The van der Waals surface area contributed by atoms with E-state index in [-0.39, 0.29) is 62.6 Å². The first-order valence-corrected chi connectivity index (χ1v) is 28.6. The number of carboxylic acids is 1. The summed E-state index contributed by atoms with van der Waals surface area (Å²) < 4.78 is 57.8. The number of aryl methyl sites for hydroxylation is 2. The largest absolute Gasteiger partial charge is 0.477 e. The molecule has 3 aliphatic rings. The zero-order valence-electron chi connectivity index (χ0n) is 50.0. The Kier molecular flexibility index (Phi) is 24.3. The van der Waals surface area contributed by atoms with Crippen LogP contribution in [-0.2, 0) is 60.4 Å². The van der Waals surface area contributed by atoms with Crippen LogP contribution in [0.1, 0.15) is 124 Å². The molecule has 3 saturated heterocycles. The maximum Gasteiger partial charge on any atom is 0.407 e. The second kappa shape index (κ2) is 29.1. The minimum absolute atomic E-state index is 0.0178. The van der Waals surface area contributed by atoms with Gasteiger partial charge in [-0.05, 0) is 132 Å². The fraction of sp³-hybridized carbons (Fsp3) is 0.793. The van der Waals surface area contributed by atoms with Crippen molar-refractivity contribution in [1.29, 1.82) is 0 Å². The highest BCUT2D eigenvalue weighted by atomic mass is 16.7. The van der Waals surface area contributed by atoms with Gasteiger partial charge in [0.15, 0.2) is 18.7 Å². The number of methoxy groups -OCH3 is 1. The number of alkyl carbamates (subject to hydrolysis) is 1. The van der Waals surface area contributed by atoms with Crippen LogP contribution in [0.3, 0.4) is 0 Å². The fourth-order valence-corrected chi connectivity index (χ4v) is 12.0. The Morgan fingerprint density at radius 1 is 0.912 bits per heavy atom. The van der Waals surface area contributed by atoms with E-state index in [1.54, 1.807) is 59.1 Å². The molecule has 3 aliphatic heterocycles. The number of nitrogens with zero attached hydrogens (tertiary/aromatic N) is 3. The molecule has 456 valence electrons. The summed E-state index contributed by atoms with van der Waals surface area (Å²) >= 11 is 0. The zero-order valence-corrected chi connectivity index (χ0v) is 50.0. The molecular weight excluding hydrogens is 1040 g/mol. The van der Waals surface area contributed by atoms with Crippen LogP contribution in [0.2, 0.25) is 0 Å². The van der Waals surface area contributed by atoms with Gasteiger partial charge in [0, 0.05) is 69.4 Å². The number of carbonyl (C=O) groups excluding carboxylic acids is 2. The van der Waals surface area contributed by atoms with Crippen LogP contribution in [-0.4, -0.2) is 216 Å². The number of carbonyl (C=O) groups is 3. The van der Waals surface area contributed by atoms with Gasteiger partial charge in [-0.3, -0.25) is 9.59 Å². The van der Waals surface area contributed by atoms with E-state index >= 15 is 0 Å². The van der Waals surface area contributed by atoms with Gasteiger partial charge < -0.3 is 87.8 Å². The topological polar surface area (TPSA) is 276 Å². The number of pyridine rings is 1. The summed E-state index contributed by atoms with van der Waals surface area (Å²) in [5.41, 5.74) is -3.89. The number of ether oxygens (including phenoxy) is 9. The smallest absolute Gasteiger partial charge is 0.407 e. The lowest BCUT2D eigenvalue weighted by Gasteiger charge is -2.49. The van der Waals surface area contributed by atoms with Crippen LogP contribution in [0, 0.1) is 17.8 Å². The van der Waals surface area contributed by atoms with Crippen molar-refractivity contribution in [2.24, 2.45) is 17.8 Å². The first-order valence-electron chi connectivity index (χ1n) is 28.6. The predicted molar refractivity (Wildman–Crippen MR) is 297 cm³/mol. The number of hydrogen-bond acceptors (Lipinski definition) is 19. The number of nitrogens with one attached hydrogen (secondary N) is 1. The molecule has 5 rings (SSSR count). The lowest BCUT2D eigenvalue weighted by molar-refractivity contribution is -0.317. The molecular formula is C58H96N4O18. The number of aromatic carboxylic acids is 1. The van der Waals surface area contributed by atoms with E-state index in [9.17, 15) is 44.7 Å². The van der Waals surface area contributed by atoms with E-state index in [1.807, 2.05) is 63.8 Å². The maximum atomic E-state index is 14.6. The number of esters is 1. The molecule has 18 atom stereocenters. The predicted octanol–water partition coefficient (Wildman–Crippen LogP) is 4.33. The minimum Gasteiger partial charge on any atom is -0.477 e. The van der Waals surface area contributed by atoms with Crippen LogP contribution in [0.15, 0.2) is 29.2 Å². The molecule has 0 bridgehead atoms. The number of fused-ring (bicyclic) bond motifs is 1. The van der Waals surface area contributed by atoms with E-state index in [0.29, 0.717) is 56.5 Å². The second-order valence-corrected chi connectivity index (χ2v) is 23.6. The Morgan fingerprint density at radius 3 is 2.21 bits per heavy atom. The van der Waals surface area contributed by atoms with E-state index in [0.717, 1.165) is 5.56 Å². The normalized spacial score (nSPS) is 36.2. The number of aromatic nitrogens is 1. The van der Waals surface area contributed by atoms with Crippen molar-refractivity contribution in [3.8, 4) is 0 Å². The molecule has 22 heteroatoms. The van der Waals surface area contributed by atoms with E-state index in [1.165, 1.54) is 20.2 Å². The molecule has 6 N–H and O–H groups in total. The molecule has 22 nitrogen and oxygen atoms in total. The quantitative estimate of drug-likeness (QED) is 0.0795. The number of cyclic esters (lactones) is 1. The van der Waals surface area contributed by atoms with Gasteiger partial charge >= 0.3 is 18.0 Å². The fourth-order valence-electron chi connectivity index (χ4n) is 12.0. The van der Waals surface area contributed by atoms with Crippen molar-refractivity contribution in [2.45, 2.75) is 212 Å². The Labute approximate surface area is 472 Å². The minimum atomic E-state index is -1.87. The van der Waals surface area contributed by atoms with E-state index < -0.39 is 113 Å². The Hall–Kier alpha value is -3.88. The molecule has 1 aromatic carbocycles. The number of aliphatic hydroxyl groups excluding tert-OH is 2. The van der Waals surface area contributed by atoms with Gasteiger partial charge in [0.1, 0.15) is 35.1 Å². The Morgan fingerprint density at radius 2 is 1.59 bits per heavy atom. The highest BCUT2D eigenvalue weighted by Gasteiger charge is 2.54. The first-order chi connectivity index (χ1) is 37.5. The number of amides is 1. The average Bonchev–Trinajstić information content (AvgIpc) is 3.55. The lowest BCUT2D eigenvalue weighted by atomic mass is 9.77. The third-order valence-corrected chi connectivity index (χ3v) is 16.8. The number of likely N-dealkylation sites (N-methyl/N-ethyl adjacent to an activating group) is 2. The highest BCUT2D eigenvalue weighted by Crippen LogP contribution is 2.41. The van der Waals surface area contributed by atoms with Gasteiger partial charge in [-0.1, -0.05) is 26.8 Å². The summed E-state index contributed by atoms with van der Waals surface area (Å²) in [6.07, 6.45) is -7.31. The molecule has 1 amide bonds. The van der Waals surface area contributed by atoms with Crippen LogP contribution >= 0.6 is 0 Å². The Balaban J connectivity index is 1.24. The zero-order chi connectivity index (χ0) is 59.6. The van der Waals surface area contributed by atoms with E-state index in [2.05, 4.69) is 5.32 Å². The van der Waals surface area contributed by atoms with Gasteiger partial charge in [-0.2, -0.15) is 0 Å². The molecule has 1 aromatic heterocycles. The van der Waals surface area contributed by atoms with Crippen molar-refractivity contribution in [1.82, 2.24) is 19.7 Å². The molecule has 0 aliphatic carbocycles. The number of hydrogen-bond donors (Lipinski definition) is 6.